The van der Waals surface area contributed by atoms with Crippen molar-refractivity contribution in [1.82, 2.24) is 9.80 Å². The van der Waals surface area contributed by atoms with Gasteiger partial charge in [0.15, 0.2) is 4.84 Å². The van der Waals surface area contributed by atoms with Gasteiger partial charge in [-0.2, -0.15) is 0 Å². The molecule has 14 heavy (non-hydrogen) atoms. The highest BCUT2D eigenvalue weighted by atomic mass is 35.5. The van der Waals surface area contributed by atoms with Crippen molar-refractivity contribution in [2.24, 2.45) is 0 Å². The monoisotopic (exact) mass is 236 g/mol. The van der Waals surface area contributed by atoms with Crippen molar-refractivity contribution in [1.29, 1.82) is 0 Å². The van der Waals surface area contributed by atoms with Gasteiger partial charge in [0.05, 0.1) is 0 Å². The van der Waals surface area contributed by atoms with E-state index in [1.54, 1.807) is 9.80 Å². The molecular weight excluding hydrogens is 227 g/mol. The smallest absolute Gasteiger partial charge is 0.257 e. The number of hydrogen-bond acceptors (Lipinski definition) is 2. The third-order valence-electron chi connectivity index (χ3n) is 2.71. The Morgan fingerprint density at radius 1 is 1.43 bits per heavy atom. The van der Waals surface area contributed by atoms with Crippen LogP contribution in [0.25, 0.3) is 0 Å². The SMILES string of the molecule is O=C1CCC2N1CCN2C(=O)C(Cl)Cl. The molecule has 2 aliphatic heterocycles. The average molecular weight is 237 g/mol. The van der Waals surface area contributed by atoms with Crippen molar-refractivity contribution in [3.05, 3.63) is 0 Å². The molecule has 2 fully saturated rings. The quantitative estimate of drug-likeness (QED) is 0.626. The minimum Gasteiger partial charge on any atom is -0.320 e. The molecule has 2 rings (SSSR count). The Morgan fingerprint density at radius 3 is 2.79 bits per heavy atom. The first kappa shape index (κ1) is 10.1. The second-order valence-corrected chi connectivity index (χ2v) is 4.54. The summed E-state index contributed by atoms with van der Waals surface area (Å²) in [5.41, 5.74) is 0. The second-order valence-electron chi connectivity index (χ2n) is 3.44. The molecule has 0 aromatic heterocycles. The summed E-state index contributed by atoms with van der Waals surface area (Å²) in [6, 6.07) is 0. The van der Waals surface area contributed by atoms with Crippen LogP contribution >= 0.6 is 23.2 Å². The third kappa shape index (κ3) is 1.46. The number of rotatable bonds is 1. The van der Waals surface area contributed by atoms with Crippen molar-refractivity contribution >= 4 is 35.0 Å². The van der Waals surface area contributed by atoms with Crippen molar-refractivity contribution in [3.8, 4) is 0 Å². The lowest BCUT2D eigenvalue weighted by atomic mass is 10.3. The molecule has 0 aromatic rings. The number of carbonyl (C=O) groups is 2. The van der Waals surface area contributed by atoms with Gasteiger partial charge < -0.3 is 9.80 Å². The van der Waals surface area contributed by atoms with Gasteiger partial charge in [0.1, 0.15) is 6.17 Å². The number of alkyl halides is 2. The van der Waals surface area contributed by atoms with Crippen LogP contribution in [0.3, 0.4) is 0 Å². The van der Waals surface area contributed by atoms with Crippen LogP contribution in [-0.2, 0) is 9.59 Å². The predicted molar refractivity (Wildman–Crippen MR) is 51.9 cm³/mol. The minimum absolute atomic E-state index is 0.102. The Balaban J connectivity index is 2.10. The lowest BCUT2D eigenvalue weighted by molar-refractivity contribution is -0.133. The van der Waals surface area contributed by atoms with Crippen molar-refractivity contribution in [2.45, 2.75) is 23.8 Å². The first-order chi connectivity index (χ1) is 6.61. The summed E-state index contributed by atoms with van der Waals surface area (Å²) < 4.78 is 0. The highest BCUT2D eigenvalue weighted by Gasteiger charge is 2.42. The summed E-state index contributed by atoms with van der Waals surface area (Å²) >= 11 is 11.0. The Hall–Kier alpha value is -0.480. The number of amides is 2. The Kier molecular flexibility index (Phi) is 2.58. The highest BCUT2D eigenvalue weighted by Crippen LogP contribution is 2.28. The summed E-state index contributed by atoms with van der Waals surface area (Å²) in [6.07, 6.45) is 1.12. The van der Waals surface area contributed by atoms with E-state index in [0.717, 1.165) is 0 Å². The average Bonchev–Trinajstić information content (AvgIpc) is 2.68. The van der Waals surface area contributed by atoms with Gasteiger partial charge in [-0.1, -0.05) is 23.2 Å². The maximum absolute atomic E-state index is 11.5. The predicted octanol–water partition coefficient (Wildman–Crippen LogP) is 0.581. The zero-order chi connectivity index (χ0) is 10.3. The van der Waals surface area contributed by atoms with E-state index in [9.17, 15) is 9.59 Å². The molecule has 0 saturated carbocycles. The van der Waals surface area contributed by atoms with Crippen LogP contribution in [0, 0.1) is 0 Å². The molecule has 1 atom stereocenters. The van der Waals surface area contributed by atoms with Crippen molar-refractivity contribution in [2.75, 3.05) is 13.1 Å². The van der Waals surface area contributed by atoms with Crippen molar-refractivity contribution < 1.29 is 9.59 Å². The van der Waals surface area contributed by atoms with Crippen LogP contribution < -0.4 is 0 Å². The summed E-state index contributed by atoms with van der Waals surface area (Å²) in [7, 11) is 0. The Morgan fingerprint density at radius 2 is 2.14 bits per heavy atom. The zero-order valence-corrected chi connectivity index (χ0v) is 8.96. The highest BCUT2D eigenvalue weighted by molar-refractivity contribution is 6.53. The molecule has 2 amide bonds. The van der Waals surface area contributed by atoms with E-state index in [1.807, 2.05) is 0 Å². The molecule has 0 N–H and O–H groups in total. The van der Waals surface area contributed by atoms with Gasteiger partial charge in [0.25, 0.3) is 5.91 Å². The molecule has 0 spiro atoms. The third-order valence-corrected chi connectivity index (χ3v) is 3.08. The summed E-state index contributed by atoms with van der Waals surface area (Å²) in [6.45, 7) is 1.15. The largest absolute Gasteiger partial charge is 0.320 e. The molecule has 6 heteroatoms. The summed E-state index contributed by atoms with van der Waals surface area (Å²) in [4.78, 5) is 25.1. The number of fused-ring (bicyclic) bond motifs is 1. The van der Waals surface area contributed by atoms with E-state index in [4.69, 9.17) is 23.2 Å². The van der Waals surface area contributed by atoms with Gasteiger partial charge >= 0.3 is 0 Å². The van der Waals surface area contributed by atoms with Crippen LogP contribution in [0.15, 0.2) is 0 Å². The molecule has 0 radical (unpaired) electrons. The number of halogens is 2. The number of nitrogens with zero attached hydrogens (tertiary/aromatic N) is 2. The van der Waals surface area contributed by atoms with E-state index >= 15 is 0 Å². The first-order valence-corrected chi connectivity index (χ1v) is 5.36. The fourth-order valence-electron chi connectivity index (χ4n) is 2.06. The van der Waals surface area contributed by atoms with Crippen LogP contribution in [0.1, 0.15) is 12.8 Å². The van der Waals surface area contributed by atoms with Crippen LogP contribution in [0.5, 0.6) is 0 Å². The van der Waals surface area contributed by atoms with E-state index < -0.39 is 4.84 Å². The van der Waals surface area contributed by atoms with Gasteiger partial charge in [-0.15, -0.1) is 0 Å². The molecule has 1 unspecified atom stereocenters. The van der Waals surface area contributed by atoms with Crippen LogP contribution in [0.2, 0.25) is 0 Å². The van der Waals surface area contributed by atoms with Gasteiger partial charge in [-0.25, -0.2) is 0 Å². The number of carbonyl (C=O) groups excluding carboxylic acids is 2. The second kappa shape index (κ2) is 3.59. The van der Waals surface area contributed by atoms with Gasteiger partial charge in [0.2, 0.25) is 5.91 Å². The normalized spacial score (nSPS) is 26.2. The topological polar surface area (TPSA) is 40.6 Å². The maximum Gasteiger partial charge on any atom is 0.257 e. The summed E-state index contributed by atoms with van der Waals surface area (Å²) in [5.74, 6) is -0.179. The summed E-state index contributed by atoms with van der Waals surface area (Å²) in [5, 5.41) is 0. The number of hydrogen-bond donors (Lipinski definition) is 0. The minimum atomic E-state index is -1.02. The zero-order valence-electron chi connectivity index (χ0n) is 7.45. The lowest BCUT2D eigenvalue weighted by Crippen LogP contribution is -2.41. The molecule has 2 saturated heterocycles. The van der Waals surface area contributed by atoms with E-state index in [0.29, 0.717) is 25.9 Å². The molecule has 2 aliphatic rings. The first-order valence-electron chi connectivity index (χ1n) is 4.49. The van der Waals surface area contributed by atoms with Crippen LogP contribution in [-0.4, -0.2) is 45.7 Å². The molecule has 0 aromatic carbocycles. The fraction of sp³-hybridized carbons (Fsp3) is 0.750. The standard InChI is InChI=1S/C8H10Cl2N2O2/c9-7(10)8(14)12-4-3-11-5(12)1-2-6(11)13/h5,7H,1-4H2. The van der Waals surface area contributed by atoms with E-state index in [1.165, 1.54) is 0 Å². The van der Waals surface area contributed by atoms with E-state index in [2.05, 4.69) is 0 Å². The fourth-order valence-corrected chi connectivity index (χ4v) is 2.31. The molecule has 2 heterocycles. The van der Waals surface area contributed by atoms with Gasteiger partial charge in [-0.3, -0.25) is 9.59 Å². The molecule has 0 aliphatic carbocycles. The molecule has 78 valence electrons. The van der Waals surface area contributed by atoms with Gasteiger partial charge in [0, 0.05) is 19.5 Å². The molecule has 4 nitrogen and oxygen atoms in total. The maximum atomic E-state index is 11.5. The van der Waals surface area contributed by atoms with Crippen LogP contribution in [0.4, 0.5) is 0 Å². The Bertz CT molecular complexity index is 283. The lowest BCUT2D eigenvalue weighted by Gasteiger charge is -2.24. The van der Waals surface area contributed by atoms with E-state index in [-0.39, 0.29) is 18.0 Å². The van der Waals surface area contributed by atoms with Gasteiger partial charge in [-0.05, 0) is 6.42 Å². The van der Waals surface area contributed by atoms with Crippen molar-refractivity contribution in [3.63, 3.8) is 0 Å². The molecule has 0 bridgehead atoms. The Labute approximate surface area is 91.7 Å². The molecular formula is C8H10Cl2N2O2.